The summed E-state index contributed by atoms with van der Waals surface area (Å²) < 4.78 is 32.7. The minimum Gasteiger partial charge on any atom is -0.462 e. The Hall–Kier alpha value is -2.33. The third-order valence-electron chi connectivity index (χ3n) is 9.39. The van der Waals surface area contributed by atoms with Crippen molar-refractivity contribution in [3.63, 3.8) is 0 Å². The number of allylic oxidation sites excluding steroid dienone is 10. The van der Waals surface area contributed by atoms with Crippen molar-refractivity contribution < 1.29 is 47.8 Å². The molecular weight excluding hydrogens is 755 g/mol. The Morgan fingerprint density at radius 2 is 0.897 bits per heavy atom. The summed E-state index contributed by atoms with van der Waals surface area (Å²) in [6, 6.07) is 0. The fourth-order valence-electron chi connectivity index (χ4n) is 5.85. The van der Waals surface area contributed by atoms with Gasteiger partial charge in [-0.15, -0.1) is 0 Å². The van der Waals surface area contributed by atoms with Crippen molar-refractivity contribution in [3.8, 4) is 0 Å². The van der Waals surface area contributed by atoms with Crippen LogP contribution in [0.25, 0.3) is 0 Å². The van der Waals surface area contributed by atoms with E-state index < -0.39 is 51.8 Å². The number of rotatable bonds is 42. The topological polar surface area (TPSA) is 149 Å². The Morgan fingerprint density at radius 3 is 1.38 bits per heavy atom. The van der Waals surface area contributed by atoms with Crippen LogP contribution in [0, 0.1) is 0 Å². The zero-order valence-corrected chi connectivity index (χ0v) is 37.4. The van der Waals surface area contributed by atoms with Crippen LogP contribution in [0.2, 0.25) is 0 Å². The van der Waals surface area contributed by atoms with E-state index in [0.29, 0.717) is 12.8 Å². The zero-order valence-electron chi connectivity index (χ0n) is 36.5. The highest BCUT2D eigenvalue weighted by Crippen LogP contribution is 2.43. The Kier molecular flexibility index (Phi) is 41.1. The van der Waals surface area contributed by atoms with E-state index >= 15 is 0 Å². The van der Waals surface area contributed by atoms with Crippen molar-refractivity contribution in [1.29, 1.82) is 0 Å². The summed E-state index contributed by atoms with van der Waals surface area (Å²) in [5, 5.41) is 18.3. The van der Waals surface area contributed by atoms with Crippen LogP contribution in [0.3, 0.4) is 0 Å². The molecule has 58 heavy (non-hydrogen) atoms. The second-order valence-corrected chi connectivity index (χ2v) is 16.5. The third kappa shape index (κ3) is 41.8. The standard InChI is InChI=1S/C47H83O10P/c1-3-5-7-9-11-13-15-17-19-21-22-23-25-27-29-31-33-35-37-39-47(51)57-45(43-56-58(52,53)55-41-44(49)40-48)42-54-46(50)38-36-34-32-30-28-26-24-20-18-16-14-12-10-8-6-4-2/h11,13-14,16-17,19-20,22-24,44-45,48-49H,3-10,12,15,18,21,25-43H2,1-2H3,(H,52,53)/b13-11-,16-14-,19-17-,23-22-,24-20-. The van der Waals surface area contributed by atoms with Crippen LogP contribution in [0.15, 0.2) is 60.8 Å². The van der Waals surface area contributed by atoms with Gasteiger partial charge in [0.1, 0.15) is 12.7 Å². The van der Waals surface area contributed by atoms with Crippen LogP contribution in [0.4, 0.5) is 0 Å². The molecule has 0 aliphatic rings. The van der Waals surface area contributed by atoms with E-state index in [4.69, 9.17) is 23.6 Å². The molecule has 0 rings (SSSR count). The largest absolute Gasteiger partial charge is 0.472 e. The minimum absolute atomic E-state index is 0.164. The van der Waals surface area contributed by atoms with Gasteiger partial charge in [-0.2, -0.15) is 0 Å². The maximum atomic E-state index is 12.6. The lowest BCUT2D eigenvalue weighted by atomic mass is 10.1. The molecule has 0 aromatic rings. The molecule has 0 fully saturated rings. The monoisotopic (exact) mass is 839 g/mol. The van der Waals surface area contributed by atoms with Gasteiger partial charge < -0.3 is 24.6 Å². The van der Waals surface area contributed by atoms with Gasteiger partial charge in [0.05, 0.1) is 19.8 Å². The Morgan fingerprint density at radius 1 is 0.517 bits per heavy atom. The van der Waals surface area contributed by atoms with Gasteiger partial charge in [0, 0.05) is 12.8 Å². The second-order valence-electron chi connectivity index (χ2n) is 15.1. The molecule has 0 saturated carbocycles. The Balaban J connectivity index is 4.33. The summed E-state index contributed by atoms with van der Waals surface area (Å²) in [6.07, 6.45) is 47.5. The number of carbonyl (C=O) groups excluding carboxylic acids is 2. The number of phosphoric ester groups is 1. The number of carbonyl (C=O) groups is 2. The molecule has 0 aromatic carbocycles. The van der Waals surface area contributed by atoms with E-state index in [1.54, 1.807) is 0 Å². The summed E-state index contributed by atoms with van der Waals surface area (Å²) in [6.45, 7) is 2.30. The number of aliphatic hydroxyl groups is 2. The first kappa shape index (κ1) is 55.7. The van der Waals surface area contributed by atoms with Gasteiger partial charge in [0.25, 0.3) is 0 Å². The van der Waals surface area contributed by atoms with Crippen molar-refractivity contribution >= 4 is 19.8 Å². The molecule has 0 amide bonds. The summed E-state index contributed by atoms with van der Waals surface area (Å²) in [5.41, 5.74) is 0. The molecule has 0 spiro atoms. The molecule has 0 aliphatic heterocycles. The molecule has 10 nitrogen and oxygen atoms in total. The van der Waals surface area contributed by atoms with Gasteiger partial charge >= 0.3 is 19.8 Å². The number of aliphatic hydroxyl groups excluding tert-OH is 2. The molecule has 0 saturated heterocycles. The van der Waals surface area contributed by atoms with Crippen molar-refractivity contribution in [1.82, 2.24) is 0 Å². The van der Waals surface area contributed by atoms with Crippen LogP contribution < -0.4 is 0 Å². The molecule has 0 bridgehead atoms. The van der Waals surface area contributed by atoms with Crippen LogP contribution in [-0.4, -0.2) is 65.7 Å². The summed E-state index contributed by atoms with van der Waals surface area (Å²) in [7, 11) is -4.63. The Labute approximate surface area is 353 Å². The maximum absolute atomic E-state index is 12.6. The van der Waals surface area contributed by atoms with Gasteiger partial charge in [0.2, 0.25) is 0 Å². The first-order valence-electron chi connectivity index (χ1n) is 22.7. The number of unbranched alkanes of at least 4 members (excludes halogenated alkanes) is 18. The predicted molar refractivity (Wildman–Crippen MR) is 237 cm³/mol. The number of hydrogen-bond donors (Lipinski definition) is 3. The lowest BCUT2D eigenvalue weighted by molar-refractivity contribution is -0.161. The number of ether oxygens (including phenoxy) is 2. The molecular formula is C47H83O10P. The van der Waals surface area contributed by atoms with Gasteiger partial charge in [0.15, 0.2) is 6.10 Å². The van der Waals surface area contributed by atoms with E-state index in [2.05, 4.69) is 74.6 Å². The average Bonchev–Trinajstić information content (AvgIpc) is 3.21. The van der Waals surface area contributed by atoms with Gasteiger partial charge in [-0.1, -0.05) is 152 Å². The molecule has 0 aliphatic carbocycles. The lowest BCUT2D eigenvalue weighted by Crippen LogP contribution is -2.29. The fourth-order valence-corrected chi connectivity index (χ4v) is 6.64. The van der Waals surface area contributed by atoms with E-state index in [0.717, 1.165) is 89.9 Å². The molecule has 3 unspecified atom stereocenters. The first-order chi connectivity index (χ1) is 28.2. The summed E-state index contributed by atoms with van der Waals surface area (Å²) in [4.78, 5) is 35.0. The van der Waals surface area contributed by atoms with Crippen molar-refractivity contribution in [2.75, 3.05) is 26.4 Å². The normalized spacial score (nSPS) is 14.4. The highest BCUT2D eigenvalue weighted by atomic mass is 31.2. The predicted octanol–water partition coefficient (Wildman–Crippen LogP) is 12.3. The lowest BCUT2D eigenvalue weighted by Gasteiger charge is -2.20. The first-order valence-corrected chi connectivity index (χ1v) is 24.2. The molecule has 0 heterocycles. The van der Waals surface area contributed by atoms with E-state index in [-0.39, 0.29) is 19.4 Å². The highest BCUT2D eigenvalue weighted by Gasteiger charge is 2.27. The number of phosphoric acid groups is 1. The average molecular weight is 839 g/mol. The van der Waals surface area contributed by atoms with Crippen molar-refractivity contribution in [2.24, 2.45) is 0 Å². The zero-order chi connectivity index (χ0) is 42.6. The van der Waals surface area contributed by atoms with E-state index in [1.165, 1.54) is 57.8 Å². The molecule has 3 atom stereocenters. The van der Waals surface area contributed by atoms with E-state index in [1.807, 2.05) is 0 Å². The fraction of sp³-hybridized carbons (Fsp3) is 0.745. The molecule has 0 aromatic heterocycles. The SMILES string of the molecule is CCCCC/C=C\C/C=C\C/C=C\CCCCCCCCC(=O)OC(COC(=O)CCCCCCC/C=C\C/C=C\CCCCCC)COP(=O)(O)OCC(O)CO. The highest BCUT2D eigenvalue weighted by molar-refractivity contribution is 7.47. The third-order valence-corrected chi connectivity index (χ3v) is 10.3. The summed E-state index contributed by atoms with van der Waals surface area (Å²) in [5.74, 6) is -0.957. The van der Waals surface area contributed by atoms with Crippen LogP contribution in [0.1, 0.15) is 187 Å². The van der Waals surface area contributed by atoms with Crippen molar-refractivity contribution in [3.05, 3.63) is 60.8 Å². The maximum Gasteiger partial charge on any atom is 0.472 e. The van der Waals surface area contributed by atoms with Crippen LogP contribution in [0.5, 0.6) is 0 Å². The van der Waals surface area contributed by atoms with Gasteiger partial charge in [-0.25, -0.2) is 4.57 Å². The van der Waals surface area contributed by atoms with Crippen molar-refractivity contribution in [2.45, 2.75) is 199 Å². The molecule has 3 N–H and O–H groups in total. The minimum atomic E-state index is -4.63. The van der Waals surface area contributed by atoms with E-state index in [9.17, 15) is 24.2 Å². The molecule has 11 heteroatoms. The second kappa shape index (κ2) is 42.8. The number of esters is 2. The number of hydrogen-bond acceptors (Lipinski definition) is 9. The quantitative estimate of drug-likeness (QED) is 0.0235. The van der Waals surface area contributed by atoms with Crippen LogP contribution >= 0.6 is 7.82 Å². The van der Waals surface area contributed by atoms with Crippen LogP contribution in [-0.2, 0) is 32.7 Å². The van der Waals surface area contributed by atoms with Gasteiger partial charge in [-0.3, -0.25) is 18.6 Å². The Bertz CT molecular complexity index is 1150. The molecule has 336 valence electrons. The molecule has 0 radical (unpaired) electrons. The smallest absolute Gasteiger partial charge is 0.462 e. The summed E-state index contributed by atoms with van der Waals surface area (Å²) >= 11 is 0. The van der Waals surface area contributed by atoms with Gasteiger partial charge in [-0.05, 0) is 83.5 Å².